The first-order chi connectivity index (χ1) is 20.0. The van der Waals surface area contributed by atoms with Crippen molar-refractivity contribution in [3.63, 3.8) is 0 Å². The van der Waals surface area contributed by atoms with Gasteiger partial charge in [-0.25, -0.2) is 17.2 Å². The van der Waals surface area contributed by atoms with Gasteiger partial charge in [0.1, 0.15) is 17.4 Å². The zero-order chi connectivity index (χ0) is 32.0. The Balaban J connectivity index is 1.78. The van der Waals surface area contributed by atoms with Gasteiger partial charge in [-0.3, -0.25) is 9.69 Å². The van der Waals surface area contributed by atoms with Gasteiger partial charge in [0.05, 0.1) is 17.1 Å². The van der Waals surface area contributed by atoms with Crippen LogP contribution in [0.4, 0.5) is 22.0 Å². The van der Waals surface area contributed by atoms with Crippen molar-refractivity contribution in [2.75, 3.05) is 26.0 Å². The second-order valence-corrected chi connectivity index (χ2v) is 13.0. The van der Waals surface area contributed by atoms with Crippen molar-refractivity contribution in [3.8, 4) is 5.75 Å². The molecule has 3 aromatic carbocycles. The molecule has 12 heteroatoms. The number of hydrogen-bond donors (Lipinski definition) is 1. The number of sulfone groups is 1. The topological polar surface area (TPSA) is 75.7 Å². The molecule has 0 saturated carbocycles. The van der Waals surface area contributed by atoms with E-state index in [1.54, 1.807) is 24.3 Å². The third kappa shape index (κ3) is 9.75. The Morgan fingerprint density at radius 2 is 1.65 bits per heavy atom. The van der Waals surface area contributed by atoms with Crippen LogP contribution in [0.5, 0.6) is 5.75 Å². The first-order valence-corrected chi connectivity index (χ1v) is 15.4. The molecule has 0 atom stereocenters. The van der Waals surface area contributed by atoms with Gasteiger partial charge in [-0.15, -0.1) is 0 Å². The average Bonchev–Trinajstić information content (AvgIpc) is 2.90. The highest BCUT2D eigenvalue weighted by molar-refractivity contribution is 7.90. The molecule has 6 nitrogen and oxygen atoms in total. The summed E-state index contributed by atoms with van der Waals surface area (Å²) in [6.07, 6.45) is -3.41. The van der Waals surface area contributed by atoms with E-state index in [9.17, 15) is 35.2 Å². The van der Waals surface area contributed by atoms with Crippen molar-refractivity contribution in [2.45, 2.75) is 56.8 Å². The molecule has 43 heavy (non-hydrogen) atoms. The van der Waals surface area contributed by atoms with Crippen LogP contribution < -0.4 is 10.1 Å². The molecule has 3 rings (SSSR count). The van der Waals surface area contributed by atoms with Crippen molar-refractivity contribution in [1.82, 2.24) is 10.2 Å². The van der Waals surface area contributed by atoms with Crippen LogP contribution in [-0.2, 0) is 39.3 Å². The molecule has 0 fully saturated rings. The van der Waals surface area contributed by atoms with Gasteiger partial charge in [0.2, 0.25) is 5.91 Å². The number of rotatable bonds is 13. The molecular weight excluding hydrogens is 591 g/mol. The lowest BCUT2D eigenvalue weighted by atomic mass is 9.84. The highest BCUT2D eigenvalue weighted by Crippen LogP contribution is 2.33. The third-order valence-corrected chi connectivity index (χ3v) is 8.05. The Labute approximate surface area is 248 Å². The molecule has 0 unspecified atom stereocenters. The third-order valence-electron chi connectivity index (χ3n) is 6.88. The number of alkyl halides is 3. The Morgan fingerprint density at radius 1 is 0.977 bits per heavy atom. The number of amides is 1. The summed E-state index contributed by atoms with van der Waals surface area (Å²) in [4.78, 5) is 13.1. The molecule has 1 N–H and O–H groups in total. The fourth-order valence-electron chi connectivity index (χ4n) is 4.74. The zero-order valence-corrected chi connectivity index (χ0v) is 25.2. The summed E-state index contributed by atoms with van der Waals surface area (Å²) in [5, 5.41) is 2.57. The summed E-state index contributed by atoms with van der Waals surface area (Å²) in [6.45, 7) is 5.79. The Bertz CT molecular complexity index is 1520. The fourth-order valence-corrected chi connectivity index (χ4v) is 5.69. The zero-order valence-electron chi connectivity index (χ0n) is 24.4. The maximum Gasteiger partial charge on any atom is 0.419 e. The van der Waals surface area contributed by atoms with Gasteiger partial charge in [-0.1, -0.05) is 44.2 Å². The van der Waals surface area contributed by atoms with Crippen molar-refractivity contribution < 1.29 is 39.9 Å². The van der Waals surface area contributed by atoms with E-state index in [1.165, 1.54) is 37.3 Å². The molecule has 0 aliphatic carbocycles. The van der Waals surface area contributed by atoms with Gasteiger partial charge in [0.25, 0.3) is 0 Å². The number of carbonyl (C=O) groups excluding carboxylic acids is 1. The number of halogens is 5. The van der Waals surface area contributed by atoms with Crippen molar-refractivity contribution in [1.29, 1.82) is 0 Å². The summed E-state index contributed by atoms with van der Waals surface area (Å²) >= 11 is 0. The summed E-state index contributed by atoms with van der Waals surface area (Å²) in [5.74, 6) is -1.75. The van der Waals surface area contributed by atoms with E-state index in [4.69, 9.17) is 4.74 Å². The van der Waals surface area contributed by atoms with Gasteiger partial charge in [0, 0.05) is 50.3 Å². The molecule has 0 aliphatic heterocycles. The number of nitrogens with zero attached hydrogens (tertiary/aromatic N) is 1. The summed E-state index contributed by atoms with van der Waals surface area (Å²) in [5.41, 5.74) is -0.816. The lowest BCUT2D eigenvalue weighted by molar-refractivity contribution is -0.140. The minimum Gasteiger partial charge on any atom is -0.494 e. The van der Waals surface area contributed by atoms with Crippen LogP contribution in [0.15, 0.2) is 65.6 Å². The molecule has 1 amide bonds. The van der Waals surface area contributed by atoms with Gasteiger partial charge in [0.15, 0.2) is 9.84 Å². The van der Waals surface area contributed by atoms with E-state index in [0.29, 0.717) is 31.1 Å². The summed E-state index contributed by atoms with van der Waals surface area (Å²) in [6, 6.07) is 13.6. The molecule has 0 bridgehead atoms. The number of hydrogen-bond acceptors (Lipinski definition) is 5. The van der Waals surface area contributed by atoms with Crippen LogP contribution in [0.1, 0.15) is 49.4 Å². The van der Waals surface area contributed by atoms with Crippen LogP contribution in [0.2, 0.25) is 0 Å². The van der Waals surface area contributed by atoms with E-state index in [1.807, 2.05) is 18.7 Å². The second-order valence-electron chi connectivity index (χ2n) is 11.0. The molecule has 0 spiro atoms. The number of carbonyl (C=O) groups is 1. The lowest BCUT2D eigenvalue weighted by Crippen LogP contribution is -2.38. The molecular formula is C31H35F5N2O4S. The molecule has 0 heterocycles. The van der Waals surface area contributed by atoms with E-state index in [0.717, 1.165) is 11.8 Å². The minimum atomic E-state index is -4.84. The highest BCUT2D eigenvalue weighted by Gasteiger charge is 2.35. The van der Waals surface area contributed by atoms with Crippen LogP contribution in [0, 0.1) is 11.6 Å². The monoisotopic (exact) mass is 626 g/mol. The van der Waals surface area contributed by atoms with Gasteiger partial charge >= 0.3 is 6.18 Å². The van der Waals surface area contributed by atoms with Gasteiger partial charge in [-0.05, 0) is 47.9 Å². The molecule has 234 valence electrons. The van der Waals surface area contributed by atoms with Gasteiger partial charge < -0.3 is 10.1 Å². The van der Waals surface area contributed by atoms with Crippen LogP contribution >= 0.6 is 0 Å². The Morgan fingerprint density at radius 3 is 2.26 bits per heavy atom. The fraction of sp³-hybridized carbons (Fsp3) is 0.387. The van der Waals surface area contributed by atoms with E-state index < -0.39 is 38.6 Å². The number of nitrogens with one attached hydrogen (secondary N) is 1. The summed E-state index contributed by atoms with van der Waals surface area (Å²) in [7, 11) is -3.63. The van der Waals surface area contributed by atoms with Crippen LogP contribution in [-0.4, -0.2) is 45.2 Å². The van der Waals surface area contributed by atoms with E-state index in [2.05, 4.69) is 5.32 Å². The average molecular weight is 627 g/mol. The smallest absolute Gasteiger partial charge is 0.419 e. The van der Waals surface area contributed by atoms with E-state index in [-0.39, 0.29) is 41.8 Å². The first kappa shape index (κ1) is 34.0. The van der Waals surface area contributed by atoms with Crippen molar-refractivity contribution in [3.05, 3.63) is 94.6 Å². The number of benzene rings is 3. The van der Waals surface area contributed by atoms with Crippen LogP contribution in [0.3, 0.4) is 0 Å². The predicted octanol–water partition coefficient (Wildman–Crippen LogP) is 6.27. The molecule has 3 aromatic rings. The molecule has 0 aliphatic rings. The van der Waals surface area contributed by atoms with E-state index >= 15 is 0 Å². The highest BCUT2D eigenvalue weighted by atomic mass is 32.2. The second kappa shape index (κ2) is 13.9. The van der Waals surface area contributed by atoms with Crippen molar-refractivity contribution >= 4 is 15.7 Å². The van der Waals surface area contributed by atoms with Gasteiger partial charge in [-0.2, -0.15) is 13.2 Å². The molecule has 0 radical (unpaired) electrons. The maximum atomic E-state index is 14.9. The standard InChI is InChI=1S/C31H35F5N2O4S/c1-21(39)37-18-22-9-14-26(17-28(22)43(4,40)41)42-16-6-15-38(20-30(2,3)24-10-12-25(32)13-11-24)19-23-7-5-8-27(29(23)33)31(34,35)36/h5,7-14,17H,6,15-16,18-20H2,1-4H3,(H,37,39). The Kier molecular flexibility index (Phi) is 10.9. The minimum absolute atomic E-state index is 0.0152. The quantitative estimate of drug-likeness (QED) is 0.179. The lowest BCUT2D eigenvalue weighted by Gasteiger charge is -2.33. The molecule has 0 aromatic heterocycles. The normalized spacial score (nSPS) is 12.4. The SMILES string of the molecule is CC(=O)NCc1ccc(OCCCN(Cc2cccc(C(F)(F)F)c2F)CC(C)(C)c2ccc(F)cc2)cc1S(C)(=O)=O. The maximum absolute atomic E-state index is 14.9. The van der Waals surface area contributed by atoms with Crippen molar-refractivity contribution in [2.24, 2.45) is 0 Å². The largest absolute Gasteiger partial charge is 0.494 e. The predicted molar refractivity (Wildman–Crippen MR) is 153 cm³/mol. The van der Waals surface area contributed by atoms with Crippen LogP contribution in [0.25, 0.3) is 0 Å². The number of ether oxygens (including phenoxy) is 1. The first-order valence-electron chi connectivity index (χ1n) is 13.5. The molecule has 0 saturated heterocycles. The Hall–Kier alpha value is -3.51. The summed E-state index contributed by atoms with van der Waals surface area (Å²) < 4.78 is 98.9.